The molecule has 2 aliphatic heterocycles. The van der Waals surface area contributed by atoms with E-state index in [2.05, 4.69) is 16.9 Å². The van der Waals surface area contributed by atoms with Crippen LogP contribution in [0.15, 0.2) is 0 Å². The van der Waals surface area contributed by atoms with Crippen molar-refractivity contribution in [1.29, 1.82) is 0 Å². The molecule has 24 heteroatoms. The largest absolute Gasteiger partial charge is 2.00 e. The standard InChI is InChI=1S/C20H26F6N2O2S.C18H20F6N2O2S.C2H5.BrH.Mg/c1-2-14(29)16-15(18(30)28-9-7-13(8-10-28)20(24,25)26)27-17(31-16)11-3-5-12(6-4-11)19(21,22)23;19-17(20,21)11-3-1-10(2-4-11)15-25-14(13(9-27)29-15)16(28)26-7-5-12(6-8-26)18(22,23)24;1-2;;/h11-14,29H,2-10H2,1H3;9-12H,1-8H2;1H2,2H3;1H;/q;;-1;;+2/p-1. The van der Waals surface area contributed by atoms with Gasteiger partial charge in [-0.2, -0.15) is 59.6 Å². The van der Waals surface area contributed by atoms with E-state index in [1.54, 1.807) is 13.8 Å². The van der Waals surface area contributed by atoms with Crippen LogP contribution >= 0.6 is 22.7 Å². The molecule has 2 amide bonds. The van der Waals surface area contributed by atoms with E-state index in [0.29, 0.717) is 40.4 Å². The van der Waals surface area contributed by atoms with E-state index in [0.717, 1.165) is 22.7 Å². The first kappa shape index (κ1) is 58.4. The molecule has 0 aromatic carbocycles. The molecule has 2 saturated carbocycles. The molecule has 64 heavy (non-hydrogen) atoms. The third-order valence-corrected chi connectivity index (χ3v) is 14.6. The Balaban J connectivity index is 0.000000412. The van der Waals surface area contributed by atoms with Gasteiger partial charge >= 0.3 is 47.8 Å². The average Bonchev–Trinajstić information content (AvgIpc) is 3.89. The van der Waals surface area contributed by atoms with Gasteiger partial charge in [0, 0.05) is 38.0 Å². The summed E-state index contributed by atoms with van der Waals surface area (Å²) in [6.45, 7) is 6.47. The Morgan fingerprint density at radius 2 is 0.938 bits per heavy atom. The van der Waals surface area contributed by atoms with Gasteiger partial charge < -0.3 is 38.8 Å². The summed E-state index contributed by atoms with van der Waals surface area (Å²) in [5, 5.41) is 11.3. The third kappa shape index (κ3) is 15.1. The number of piperidine rings is 2. The number of alkyl halides is 12. The van der Waals surface area contributed by atoms with Gasteiger partial charge in [-0.3, -0.25) is 14.4 Å². The SMILES string of the molecule is CCC(O)c1sc(C2CCC(C(F)(F)F)CC2)nc1C(=O)N1CCC(C(F)(F)F)CC1.O=Cc1sc(C2CCC(C(F)(F)F)CC2)nc1C(=O)N1CCC(C(F)(F)F)CC1.[Br-].[CH2-]C.[Mg+2]. The van der Waals surface area contributed by atoms with E-state index >= 15 is 0 Å². The van der Waals surface area contributed by atoms with Gasteiger partial charge in [0.25, 0.3) is 11.8 Å². The van der Waals surface area contributed by atoms with E-state index in [1.165, 1.54) is 9.80 Å². The normalized spacial score (nSPS) is 23.3. The van der Waals surface area contributed by atoms with Crippen LogP contribution in [0.2, 0.25) is 0 Å². The second kappa shape index (κ2) is 24.5. The number of hydrogen-bond acceptors (Lipinski definition) is 8. The summed E-state index contributed by atoms with van der Waals surface area (Å²) >= 11 is 2.12. The summed E-state index contributed by atoms with van der Waals surface area (Å²) < 4.78 is 154. The third-order valence-electron chi connectivity index (χ3n) is 12.1. The van der Waals surface area contributed by atoms with E-state index in [1.807, 2.05) is 0 Å². The van der Waals surface area contributed by atoms with E-state index < -0.39 is 66.3 Å². The van der Waals surface area contributed by atoms with E-state index in [4.69, 9.17) is 0 Å². The van der Waals surface area contributed by atoms with Crippen LogP contribution in [0.3, 0.4) is 0 Å². The number of halogens is 13. The molecular formula is C40H51BrF12MgN4O4S2. The molecule has 1 atom stereocenters. The monoisotopic (exact) mass is 1050 g/mol. The quantitative estimate of drug-likeness (QED) is 0.129. The number of aromatic nitrogens is 2. The van der Waals surface area contributed by atoms with Crippen molar-refractivity contribution >= 4 is 63.8 Å². The minimum absolute atomic E-state index is 0. The average molecular weight is 1050 g/mol. The number of carbonyl (C=O) groups excluding carboxylic acids is 3. The summed E-state index contributed by atoms with van der Waals surface area (Å²) in [5.74, 6) is -7.16. The summed E-state index contributed by atoms with van der Waals surface area (Å²) in [6, 6.07) is 0. The van der Waals surface area contributed by atoms with Crippen molar-refractivity contribution in [2.75, 3.05) is 26.2 Å². The van der Waals surface area contributed by atoms with Gasteiger partial charge in [0.2, 0.25) is 0 Å². The predicted octanol–water partition coefficient (Wildman–Crippen LogP) is 8.51. The molecule has 2 aliphatic carbocycles. The number of thiazole rings is 2. The fourth-order valence-electron chi connectivity index (χ4n) is 8.30. The fraction of sp³-hybridized carbons (Fsp3) is 0.750. The summed E-state index contributed by atoms with van der Waals surface area (Å²) in [6.07, 6.45) is -16.9. The first-order chi connectivity index (χ1) is 28.9. The Hall–Kier alpha value is -1.76. The maximum absolute atomic E-state index is 13.0. The van der Waals surface area contributed by atoms with Crippen molar-refractivity contribution in [3.63, 3.8) is 0 Å². The van der Waals surface area contributed by atoms with E-state index in [9.17, 15) is 72.2 Å². The minimum atomic E-state index is -4.30. The van der Waals surface area contributed by atoms with Gasteiger partial charge in [0.1, 0.15) is 11.4 Å². The molecule has 1 N–H and O–H groups in total. The number of aliphatic hydroxyl groups excluding tert-OH is 1. The fourth-order valence-corrected chi connectivity index (χ4v) is 10.6. The Morgan fingerprint density at radius 1 is 0.625 bits per heavy atom. The van der Waals surface area contributed by atoms with Crippen molar-refractivity contribution in [3.05, 3.63) is 38.1 Å². The minimum Gasteiger partial charge on any atom is -1.00 e. The van der Waals surface area contributed by atoms with Gasteiger partial charge in [-0.25, -0.2) is 9.97 Å². The van der Waals surface area contributed by atoms with Gasteiger partial charge in [-0.15, -0.1) is 22.7 Å². The zero-order valence-corrected chi connectivity index (χ0v) is 39.9. The maximum atomic E-state index is 13.0. The number of amides is 2. The van der Waals surface area contributed by atoms with Crippen LogP contribution in [0.25, 0.3) is 0 Å². The molecule has 4 heterocycles. The number of likely N-dealkylation sites (tertiary alicyclic amines) is 2. The van der Waals surface area contributed by atoms with Gasteiger partial charge in [-0.05, 0) is 83.5 Å². The second-order valence-electron chi connectivity index (χ2n) is 16.0. The maximum Gasteiger partial charge on any atom is 2.00 e. The molecule has 0 bridgehead atoms. The Kier molecular flexibility index (Phi) is 22.3. The molecular weight excluding hydrogens is 997 g/mol. The Labute approximate surface area is 398 Å². The Bertz CT molecular complexity index is 1780. The molecule has 6 rings (SSSR count). The van der Waals surface area contributed by atoms with Crippen molar-refractivity contribution in [2.24, 2.45) is 23.7 Å². The Morgan fingerprint density at radius 3 is 1.27 bits per heavy atom. The summed E-state index contributed by atoms with van der Waals surface area (Å²) in [4.78, 5) is 48.7. The molecule has 4 aliphatic rings. The van der Waals surface area contributed by atoms with Crippen molar-refractivity contribution in [2.45, 2.75) is 140 Å². The molecule has 4 fully saturated rings. The van der Waals surface area contributed by atoms with Crippen molar-refractivity contribution in [3.8, 4) is 0 Å². The van der Waals surface area contributed by atoms with Crippen LogP contribution in [-0.2, 0) is 0 Å². The van der Waals surface area contributed by atoms with Gasteiger partial charge in [-0.1, -0.05) is 6.92 Å². The van der Waals surface area contributed by atoms with Crippen LogP contribution in [-0.4, -0.2) is 117 Å². The zero-order chi connectivity index (χ0) is 46.4. The number of aldehydes is 1. The topological polar surface area (TPSA) is 104 Å². The number of carbonyl (C=O) groups is 3. The second-order valence-corrected chi connectivity index (χ2v) is 18.1. The molecule has 8 nitrogen and oxygen atoms in total. The molecule has 2 aromatic rings. The first-order valence-corrected chi connectivity index (χ1v) is 22.3. The van der Waals surface area contributed by atoms with Crippen molar-refractivity contribution < 1.29 is 89.2 Å². The number of rotatable bonds is 7. The number of nitrogens with zero attached hydrogens (tertiary/aromatic N) is 4. The summed E-state index contributed by atoms with van der Waals surface area (Å²) in [7, 11) is 0. The summed E-state index contributed by atoms with van der Waals surface area (Å²) in [5.41, 5.74) is -0.0823. The molecule has 1 unspecified atom stereocenters. The predicted molar refractivity (Wildman–Crippen MR) is 213 cm³/mol. The van der Waals surface area contributed by atoms with Gasteiger partial charge in [0.05, 0.1) is 49.5 Å². The van der Waals surface area contributed by atoms with Crippen LogP contribution in [0, 0.1) is 30.6 Å². The molecule has 2 aromatic heterocycles. The molecule has 0 radical (unpaired) electrons. The molecule has 360 valence electrons. The van der Waals surface area contributed by atoms with Gasteiger partial charge in [0.15, 0.2) is 6.29 Å². The van der Waals surface area contributed by atoms with E-state index in [-0.39, 0.29) is 159 Å². The number of aliphatic hydroxyl groups is 1. The van der Waals surface area contributed by atoms with Crippen LogP contribution in [0.5, 0.6) is 0 Å². The number of hydrogen-bond donors (Lipinski definition) is 1. The smallest absolute Gasteiger partial charge is 1.00 e. The van der Waals surface area contributed by atoms with Crippen molar-refractivity contribution in [1.82, 2.24) is 19.8 Å². The van der Waals surface area contributed by atoms with Crippen LogP contribution in [0.1, 0.15) is 161 Å². The molecule has 0 spiro atoms. The van der Waals surface area contributed by atoms with Crippen LogP contribution in [0.4, 0.5) is 52.7 Å². The van der Waals surface area contributed by atoms with Crippen LogP contribution < -0.4 is 17.0 Å². The zero-order valence-electron chi connectivity index (χ0n) is 35.2. The molecule has 2 saturated heterocycles. The first-order valence-electron chi connectivity index (χ1n) is 20.6.